The first-order chi connectivity index (χ1) is 21.3. The lowest BCUT2D eigenvalue weighted by Gasteiger charge is -2.40. The molecular weight excluding hydrogens is 588 g/mol. The molecule has 9 nitrogen and oxygen atoms in total. The Balaban J connectivity index is 1.70. The number of hydrogen-bond donors (Lipinski definition) is 2. The first kappa shape index (κ1) is 33.6. The van der Waals surface area contributed by atoms with Crippen LogP contribution in [0.4, 0.5) is 10.5 Å². The molecule has 0 saturated carbocycles. The van der Waals surface area contributed by atoms with Crippen molar-refractivity contribution >= 4 is 31.6 Å². The highest BCUT2D eigenvalue weighted by atomic mass is 28.4. The number of nitrogens with zero attached hydrogens (tertiary/aromatic N) is 1. The summed E-state index contributed by atoms with van der Waals surface area (Å²) in [6.07, 6.45) is 1.42. The number of methoxy groups -OCH3 is 2. The number of nitrogens with one attached hydrogen (secondary N) is 1. The molecule has 0 spiro atoms. The van der Waals surface area contributed by atoms with Crippen molar-refractivity contribution < 1.29 is 33.3 Å². The second-order valence-electron chi connectivity index (χ2n) is 12.6. The lowest BCUT2D eigenvalue weighted by molar-refractivity contribution is 0.0655. The predicted molar refractivity (Wildman–Crippen MR) is 179 cm³/mol. The number of carbonyl (C=O) groups excluding carboxylic acids is 1. The molecule has 45 heavy (non-hydrogen) atoms. The molecule has 0 aliphatic carbocycles. The van der Waals surface area contributed by atoms with Gasteiger partial charge < -0.3 is 28.6 Å². The van der Waals surface area contributed by atoms with Crippen LogP contribution in [-0.2, 0) is 11.0 Å². The summed E-state index contributed by atoms with van der Waals surface area (Å²) in [7, 11) is 0.977. The molecule has 1 aliphatic heterocycles. The van der Waals surface area contributed by atoms with E-state index in [-0.39, 0.29) is 34.8 Å². The molecule has 10 heteroatoms. The zero-order valence-corrected chi connectivity index (χ0v) is 28.2. The van der Waals surface area contributed by atoms with E-state index in [1.54, 1.807) is 18.1 Å². The Bertz CT molecular complexity index is 1520. The zero-order chi connectivity index (χ0) is 32.8. The van der Waals surface area contributed by atoms with Gasteiger partial charge >= 0.3 is 6.09 Å². The highest BCUT2D eigenvalue weighted by molar-refractivity contribution is 6.74. The van der Waals surface area contributed by atoms with Crippen molar-refractivity contribution in [2.45, 2.75) is 58.0 Å². The molecule has 1 atom stereocenters. The fourth-order valence-electron chi connectivity index (χ4n) is 4.88. The molecule has 3 aromatic rings. The molecule has 3 aromatic carbocycles. The van der Waals surface area contributed by atoms with Crippen LogP contribution in [-0.4, -0.2) is 63.7 Å². The number of amides is 2. The van der Waals surface area contributed by atoms with Gasteiger partial charge in [0.1, 0.15) is 12.4 Å². The molecule has 240 valence electrons. The van der Waals surface area contributed by atoms with E-state index in [0.29, 0.717) is 31.1 Å². The summed E-state index contributed by atoms with van der Waals surface area (Å²) < 4.78 is 23.6. The van der Waals surface area contributed by atoms with Crippen molar-refractivity contribution in [3.8, 4) is 17.2 Å². The van der Waals surface area contributed by atoms with Gasteiger partial charge in [0, 0.05) is 12.6 Å². The van der Waals surface area contributed by atoms with Crippen LogP contribution in [0.1, 0.15) is 48.7 Å². The second-order valence-corrected chi connectivity index (χ2v) is 17.4. The number of benzene rings is 3. The molecule has 0 radical (unpaired) electrons. The van der Waals surface area contributed by atoms with Gasteiger partial charge in [0.15, 0.2) is 19.8 Å². The summed E-state index contributed by atoms with van der Waals surface area (Å²) in [6.45, 7) is 11.9. The summed E-state index contributed by atoms with van der Waals surface area (Å²) >= 11 is 0. The molecule has 0 aromatic heterocycles. The molecule has 2 amide bonds. The van der Waals surface area contributed by atoms with E-state index in [1.807, 2.05) is 54.6 Å². The third-order valence-electron chi connectivity index (χ3n) is 8.57. The largest absolute Gasteiger partial charge is 0.497 e. The highest BCUT2D eigenvalue weighted by Gasteiger charge is 2.39. The van der Waals surface area contributed by atoms with Crippen LogP contribution < -0.4 is 19.5 Å². The number of anilines is 1. The first-order valence-corrected chi connectivity index (χ1v) is 17.9. The van der Waals surface area contributed by atoms with Crippen molar-refractivity contribution in [2.24, 2.45) is 0 Å². The van der Waals surface area contributed by atoms with Crippen LogP contribution in [0.2, 0.25) is 18.1 Å². The number of carboxylic acid groups (broad SMARTS) is 1. The summed E-state index contributed by atoms with van der Waals surface area (Å²) in [6, 6.07) is 20.1. The number of hydrogen-bond acceptors (Lipinski definition) is 6. The van der Waals surface area contributed by atoms with E-state index >= 15 is 0 Å². The van der Waals surface area contributed by atoms with Gasteiger partial charge in [-0.15, -0.1) is 0 Å². The van der Waals surface area contributed by atoms with E-state index < -0.39 is 14.4 Å². The molecule has 0 saturated heterocycles. The quantitative estimate of drug-likeness (QED) is 0.209. The molecule has 0 bridgehead atoms. The van der Waals surface area contributed by atoms with E-state index in [1.165, 1.54) is 13.2 Å². The van der Waals surface area contributed by atoms with Gasteiger partial charge in [0.2, 0.25) is 0 Å². The average Bonchev–Trinajstić information content (AvgIpc) is 3.02. The third-order valence-corrected chi connectivity index (χ3v) is 13.1. The maximum absolute atomic E-state index is 14.3. The number of ether oxygens (including phenoxy) is 3. The Morgan fingerprint density at radius 3 is 2.27 bits per heavy atom. The van der Waals surface area contributed by atoms with Gasteiger partial charge in [-0.2, -0.15) is 0 Å². The SMILES string of the molecule is COc1ccc(C2=CC(CO[Si](C)(C)C(C)(C)C)N(C(=O)c3cc(OC)c(OCc4ccccc4)cc3NC(=O)O)CC2)cc1. The van der Waals surface area contributed by atoms with Crippen molar-refractivity contribution in [2.75, 3.05) is 32.7 Å². The summed E-state index contributed by atoms with van der Waals surface area (Å²) in [5.41, 5.74) is 3.38. The average molecular weight is 633 g/mol. The smallest absolute Gasteiger partial charge is 0.409 e. The molecule has 1 unspecified atom stereocenters. The molecule has 0 fully saturated rings. The van der Waals surface area contributed by atoms with Crippen molar-refractivity contribution in [1.82, 2.24) is 4.90 Å². The van der Waals surface area contributed by atoms with E-state index in [2.05, 4.69) is 45.3 Å². The minimum Gasteiger partial charge on any atom is -0.497 e. The van der Waals surface area contributed by atoms with Gasteiger partial charge in [0.05, 0.1) is 38.1 Å². The van der Waals surface area contributed by atoms with Gasteiger partial charge in [-0.05, 0) is 59.5 Å². The van der Waals surface area contributed by atoms with Crippen LogP contribution >= 0.6 is 0 Å². The third kappa shape index (κ3) is 8.26. The Kier molecular flexibility index (Phi) is 10.6. The summed E-state index contributed by atoms with van der Waals surface area (Å²) in [5, 5.41) is 12.1. The maximum atomic E-state index is 14.3. The van der Waals surface area contributed by atoms with E-state index in [9.17, 15) is 14.7 Å². The normalized spacial score (nSPS) is 15.2. The Morgan fingerprint density at radius 1 is 0.978 bits per heavy atom. The van der Waals surface area contributed by atoms with Crippen LogP contribution in [0.3, 0.4) is 0 Å². The number of rotatable bonds is 11. The Labute approximate surface area is 266 Å². The van der Waals surface area contributed by atoms with E-state index in [0.717, 1.165) is 22.4 Å². The molecular formula is C35H44N2O7Si. The summed E-state index contributed by atoms with van der Waals surface area (Å²) in [5.74, 6) is 1.08. The second kappa shape index (κ2) is 14.2. The van der Waals surface area contributed by atoms with Crippen LogP contribution in [0.5, 0.6) is 17.2 Å². The standard InChI is InChI=1S/C35H44N2O7Si/c1-35(2,3)45(6,7)44-23-27-19-26(25-13-15-28(41-4)16-14-25)17-18-37(27)33(38)29-20-31(42-5)32(21-30(29)36-34(39)40)43-22-24-11-9-8-10-12-24/h8-16,19-21,27,36H,17-18,22-23H2,1-7H3,(H,39,40). The van der Waals surface area contributed by atoms with Crippen LogP contribution in [0.15, 0.2) is 72.8 Å². The lowest BCUT2D eigenvalue weighted by atomic mass is 9.95. The molecule has 4 rings (SSSR count). The Morgan fingerprint density at radius 2 is 1.67 bits per heavy atom. The minimum atomic E-state index is -2.15. The molecule has 1 heterocycles. The van der Waals surface area contributed by atoms with E-state index in [4.69, 9.17) is 18.6 Å². The Hall–Kier alpha value is -4.28. The lowest BCUT2D eigenvalue weighted by Crippen LogP contribution is -2.49. The first-order valence-electron chi connectivity index (χ1n) is 15.0. The number of carbonyl (C=O) groups is 2. The van der Waals surface area contributed by atoms with Crippen molar-refractivity contribution in [3.63, 3.8) is 0 Å². The van der Waals surface area contributed by atoms with Gasteiger partial charge in [-0.1, -0.05) is 69.3 Å². The monoisotopic (exact) mass is 632 g/mol. The highest BCUT2D eigenvalue weighted by Crippen LogP contribution is 2.39. The molecule has 2 N–H and O–H groups in total. The van der Waals surface area contributed by atoms with Gasteiger partial charge in [0.25, 0.3) is 5.91 Å². The van der Waals surface area contributed by atoms with Gasteiger partial charge in [-0.25, -0.2) is 4.79 Å². The zero-order valence-electron chi connectivity index (χ0n) is 27.2. The predicted octanol–water partition coefficient (Wildman–Crippen LogP) is 7.69. The van der Waals surface area contributed by atoms with Crippen LogP contribution in [0.25, 0.3) is 5.57 Å². The van der Waals surface area contributed by atoms with Gasteiger partial charge in [-0.3, -0.25) is 10.1 Å². The fraction of sp³-hybridized carbons (Fsp3) is 0.371. The minimum absolute atomic E-state index is 0.0133. The van der Waals surface area contributed by atoms with Crippen molar-refractivity contribution in [1.29, 1.82) is 0 Å². The van der Waals surface area contributed by atoms with Crippen molar-refractivity contribution in [3.05, 3.63) is 89.5 Å². The molecule has 1 aliphatic rings. The summed E-state index contributed by atoms with van der Waals surface area (Å²) in [4.78, 5) is 27.9. The topological polar surface area (TPSA) is 107 Å². The van der Waals surface area contributed by atoms with Crippen LogP contribution in [0, 0.1) is 0 Å². The fourth-order valence-corrected chi connectivity index (χ4v) is 5.90. The maximum Gasteiger partial charge on any atom is 0.409 e.